The topological polar surface area (TPSA) is 38.5 Å². The first-order valence-corrected chi connectivity index (χ1v) is 7.90. The molecule has 18 heavy (non-hydrogen) atoms. The van der Waals surface area contributed by atoms with Crippen molar-refractivity contribution in [3.05, 3.63) is 0 Å². The molecule has 1 aliphatic carbocycles. The maximum atomic E-state index is 6.45. The predicted octanol–water partition coefficient (Wildman–Crippen LogP) is 2.15. The second kappa shape index (κ2) is 5.48. The summed E-state index contributed by atoms with van der Waals surface area (Å²) in [5, 5.41) is 0. The Morgan fingerprint density at radius 3 is 2.67 bits per heavy atom. The van der Waals surface area contributed by atoms with Crippen LogP contribution in [-0.2, 0) is 4.74 Å². The molecule has 3 nitrogen and oxygen atoms in total. The molecule has 3 aliphatic rings. The average molecular weight is 252 g/mol. The Balaban J connectivity index is 1.47. The lowest BCUT2D eigenvalue weighted by Gasteiger charge is -2.34. The fourth-order valence-electron chi connectivity index (χ4n) is 4.15. The normalized spacial score (nSPS) is 36.5. The molecular formula is C15H28N2O. The van der Waals surface area contributed by atoms with E-state index in [1.54, 1.807) is 0 Å². The Morgan fingerprint density at radius 1 is 1.11 bits per heavy atom. The van der Waals surface area contributed by atoms with Gasteiger partial charge in [0.15, 0.2) is 0 Å². The van der Waals surface area contributed by atoms with E-state index in [0.717, 1.165) is 19.0 Å². The number of ether oxygens (including phenoxy) is 1. The van der Waals surface area contributed by atoms with Crippen molar-refractivity contribution in [2.24, 2.45) is 11.7 Å². The lowest BCUT2D eigenvalue weighted by atomic mass is 9.83. The molecule has 0 aromatic rings. The number of likely N-dealkylation sites (tertiary alicyclic amines) is 1. The lowest BCUT2D eigenvalue weighted by molar-refractivity contribution is -0.0705. The van der Waals surface area contributed by atoms with Crippen molar-refractivity contribution in [2.45, 2.75) is 63.1 Å². The van der Waals surface area contributed by atoms with Gasteiger partial charge in [0.25, 0.3) is 0 Å². The number of hydrogen-bond acceptors (Lipinski definition) is 3. The van der Waals surface area contributed by atoms with Gasteiger partial charge in [0.1, 0.15) is 0 Å². The van der Waals surface area contributed by atoms with E-state index in [0.29, 0.717) is 6.10 Å². The van der Waals surface area contributed by atoms with Crippen molar-refractivity contribution in [2.75, 3.05) is 26.2 Å². The zero-order chi connectivity index (χ0) is 12.4. The van der Waals surface area contributed by atoms with Crippen LogP contribution in [0.3, 0.4) is 0 Å². The Hall–Kier alpha value is -0.120. The molecule has 0 amide bonds. The predicted molar refractivity (Wildman–Crippen MR) is 73.5 cm³/mol. The minimum Gasteiger partial charge on any atom is -0.370 e. The first-order valence-electron chi connectivity index (χ1n) is 7.90. The maximum Gasteiger partial charge on any atom is 0.0710 e. The van der Waals surface area contributed by atoms with Crippen molar-refractivity contribution in [1.29, 1.82) is 0 Å². The second-order valence-electron chi connectivity index (χ2n) is 6.67. The third-order valence-corrected chi connectivity index (χ3v) is 5.27. The highest BCUT2D eigenvalue weighted by Gasteiger charge is 2.41. The van der Waals surface area contributed by atoms with Crippen LogP contribution in [-0.4, -0.2) is 42.8 Å². The first kappa shape index (κ1) is 12.9. The number of nitrogens with two attached hydrogens (primary N) is 1. The molecule has 0 aromatic carbocycles. The van der Waals surface area contributed by atoms with Crippen molar-refractivity contribution >= 4 is 0 Å². The smallest absolute Gasteiger partial charge is 0.0710 e. The summed E-state index contributed by atoms with van der Waals surface area (Å²) >= 11 is 0. The number of nitrogens with zero attached hydrogens (tertiary/aromatic N) is 1. The van der Waals surface area contributed by atoms with E-state index >= 15 is 0 Å². The van der Waals surface area contributed by atoms with E-state index in [1.807, 2.05) is 0 Å². The zero-order valence-corrected chi connectivity index (χ0v) is 11.6. The Kier molecular flexibility index (Phi) is 3.92. The van der Waals surface area contributed by atoms with Crippen LogP contribution >= 0.6 is 0 Å². The molecule has 3 rings (SSSR count). The van der Waals surface area contributed by atoms with Gasteiger partial charge in [-0.05, 0) is 51.1 Å². The maximum absolute atomic E-state index is 6.45. The van der Waals surface area contributed by atoms with Crippen LogP contribution in [0.5, 0.6) is 0 Å². The molecule has 104 valence electrons. The van der Waals surface area contributed by atoms with E-state index in [1.165, 1.54) is 64.5 Å². The molecule has 3 heteroatoms. The fourth-order valence-corrected chi connectivity index (χ4v) is 4.15. The Bertz CT molecular complexity index is 276. The molecule has 3 fully saturated rings. The van der Waals surface area contributed by atoms with E-state index < -0.39 is 0 Å². The highest BCUT2D eigenvalue weighted by Crippen LogP contribution is 2.42. The summed E-state index contributed by atoms with van der Waals surface area (Å²) in [6.07, 6.45) is 11.2. The molecule has 2 N–H and O–H groups in total. The summed E-state index contributed by atoms with van der Waals surface area (Å²) in [7, 11) is 0. The summed E-state index contributed by atoms with van der Waals surface area (Å²) in [6, 6.07) is 0. The van der Waals surface area contributed by atoms with Crippen molar-refractivity contribution in [3.63, 3.8) is 0 Å². The molecule has 1 saturated carbocycles. The Labute approximate surface area is 111 Å². The van der Waals surface area contributed by atoms with Gasteiger partial charge < -0.3 is 15.4 Å². The van der Waals surface area contributed by atoms with Gasteiger partial charge in [-0.1, -0.05) is 19.3 Å². The SMILES string of the molecule is NCC1CCN(CC2CCC3(CCCCC3)O2)C1. The van der Waals surface area contributed by atoms with Crippen molar-refractivity contribution in [1.82, 2.24) is 4.90 Å². The highest BCUT2D eigenvalue weighted by molar-refractivity contribution is 4.92. The minimum atomic E-state index is 0.288. The molecule has 2 aliphatic heterocycles. The summed E-state index contributed by atoms with van der Waals surface area (Å²) in [6.45, 7) is 4.43. The minimum absolute atomic E-state index is 0.288. The zero-order valence-electron chi connectivity index (χ0n) is 11.6. The summed E-state index contributed by atoms with van der Waals surface area (Å²) in [5.74, 6) is 0.732. The summed E-state index contributed by atoms with van der Waals surface area (Å²) < 4.78 is 6.45. The van der Waals surface area contributed by atoms with Gasteiger partial charge in [0.2, 0.25) is 0 Å². The van der Waals surface area contributed by atoms with Gasteiger partial charge in [0, 0.05) is 13.1 Å². The third-order valence-electron chi connectivity index (χ3n) is 5.27. The van der Waals surface area contributed by atoms with Gasteiger partial charge in [-0.3, -0.25) is 0 Å². The number of hydrogen-bond donors (Lipinski definition) is 1. The standard InChI is InChI=1S/C15H28N2O/c16-10-13-5-9-17(11-13)12-14-4-8-15(18-14)6-2-1-3-7-15/h13-14H,1-12,16H2. The van der Waals surface area contributed by atoms with Gasteiger partial charge in [0.05, 0.1) is 11.7 Å². The molecule has 2 unspecified atom stereocenters. The van der Waals surface area contributed by atoms with Gasteiger partial charge in [-0.25, -0.2) is 0 Å². The van der Waals surface area contributed by atoms with Crippen LogP contribution < -0.4 is 5.73 Å². The van der Waals surface area contributed by atoms with E-state index in [4.69, 9.17) is 10.5 Å². The molecule has 1 spiro atoms. The van der Waals surface area contributed by atoms with Crippen LogP contribution in [0.15, 0.2) is 0 Å². The van der Waals surface area contributed by atoms with Crippen LogP contribution in [0, 0.1) is 5.92 Å². The van der Waals surface area contributed by atoms with E-state index in [2.05, 4.69) is 4.90 Å². The van der Waals surface area contributed by atoms with Crippen molar-refractivity contribution < 1.29 is 4.74 Å². The van der Waals surface area contributed by atoms with Crippen LogP contribution in [0.25, 0.3) is 0 Å². The second-order valence-corrected chi connectivity index (χ2v) is 6.67. The quantitative estimate of drug-likeness (QED) is 0.836. The number of rotatable bonds is 3. The molecule has 0 radical (unpaired) electrons. The largest absolute Gasteiger partial charge is 0.370 e. The highest BCUT2D eigenvalue weighted by atomic mass is 16.5. The van der Waals surface area contributed by atoms with Gasteiger partial charge in [-0.2, -0.15) is 0 Å². The Morgan fingerprint density at radius 2 is 1.94 bits per heavy atom. The summed E-state index contributed by atoms with van der Waals surface area (Å²) in [5.41, 5.74) is 6.05. The molecule has 2 heterocycles. The molecule has 2 saturated heterocycles. The first-order chi connectivity index (χ1) is 8.80. The lowest BCUT2D eigenvalue weighted by Crippen LogP contribution is -2.36. The van der Waals surface area contributed by atoms with Crippen LogP contribution in [0.1, 0.15) is 51.4 Å². The van der Waals surface area contributed by atoms with E-state index in [9.17, 15) is 0 Å². The molecule has 0 aromatic heterocycles. The van der Waals surface area contributed by atoms with E-state index in [-0.39, 0.29) is 5.60 Å². The van der Waals surface area contributed by atoms with Crippen molar-refractivity contribution in [3.8, 4) is 0 Å². The molecule has 2 atom stereocenters. The monoisotopic (exact) mass is 252 g/mol. The summed E-state index contributed by atoms with van der Waals surface area (Å²) in [4.78, 5) is 2.57. The average Bonchev–Trinajstić information content (AvgIpc) is 2.99. The van der Waals surface area contributed by atoms with Crippen LogP contribution in [0.2, 0.25) is 0 Å². The third kappa shape index (κ3) is 2.73. The van der Waals surface area contributed by atoms with Gasteiger partial charge >= 0.3 is 0 Å². The van der Waals surface area contributed by atoms with Crippen LogP contribution in [0.4, 0.5) is 0 Å². The molecular weight excluding hydrogens is 224 g/mol. The fraction of sp³-hybridized carbons (Fsp3) is 1.00. The molecule has 0 bridgehead atoms. The van der Waals surface area contributed by atoms with Gasteiger partial charge in [-0.15, -0.1) is 0 Å².